The third-order valence-electron chi connectivity index (χ3n) is 2.32. The molecule has 0 fully saturated rings. The van der Waals surface area contributed by atoms with Crippen LogP contribution in [-0.4, -0.2) is 41.5 Å². The van der Waals surface area contributed by atoms with Crippen LogP contribution in [0.5, 0.6) is 5.75 Å². The molecule has 1 rings (SSSR count). The number of carbonyl (C=O) groups is 2. The van der Waals surface area contributed by atoms with E-state index in [9.17, 15) is 14.7 Å². The fraction of sp³-hybridized carbons (Fsp3) is 0.385. The van der Waals surface area contributed by atoms with Crippen LogP contribution in [0.1, 0.15) is 24.2 Å². The summed E-state index contributed by atoms with van der Waals surface area (Å²) in [6, 6.07) is 3.33. The molecule has 20 heavy (non-hydrogen) atoms. The molecule has 4 N–H and O–H groups in total. The molecule has 0 radical (unpaired) electrons. The lowest BCUT2D eigenvalue weighted by atomic mass is 10.2. The van der Waals surface area contributed by atoms with Gasteiger partial charge in [0.05, 0.1) is 12.7 Å². The van der Waals surface area contributed by atoms with Crippen molar-refractivity contribution in [3.05, 3.63) is 23.8 Å². The van der Waals surface area contributed by atoms with Gasteiger partial charge < -0.3 is 25.6 Å². The van der Waals surface area contributed by atoms with Gasteiger partial charge >= 0.3 is 12.0 Å². The van der Waals surface area contributed by atoms with Crippen LogP contribution < -0.4 is 10.6 Å². The summed E-state index contributed by atoms with van der Waals surface area (Å²) in [5.41, 5.74) is 0.00780. The molecule has 0 aliphatic carbocycles. The Balaban J connectivity index is 2.50. The van der Waals surface area contributed by atoms with Gasteiger partial charge in [0.2, 0.25) is 0 Å². The summed E-state index contributed by atoms with van der Waals surface area (Å²) < 4.78 is 5.26. The number of aromatic hydroxyl groups is 1. The number of carboxylic acids is 1. The molecule has 7 nitrogen and oxygen atoms in total. The standard InChI is InChI=1S/C13H18N2O5/c1-8(2)20-6-5-14-13(19)15-9-3-4-11(16)10(7-9)12(17)18/h3-4,7-8,16H,5-6H2,1-2H3,(H,17,18)(H2,14,15,19). The van der Waals surface area contributed by atoms with Gasteiger partial charge in [-0.3, -0.25) is 0 Å². The van der Waals surface area contributed by atoms with Crippen LogP contribution in [0.25, 0.3) is 0 Å². The highest BCUT2D eigenvalue weighted by molar-refractivity contribution is 5.95. The van der Waals surface area contributed by atoms with Crippen LogP contribution in [0, 0.1) is 0 Å². The van der Waals surface area contributed by atoms with E-state index in [0.29, 0.717) is 13.2 Å². The van der Waals surface area contributed by atoms with Gasteiger partial charge in [0, 0.05) is 12.2 Å². The Morgan fingerprint density at radius 2 is 2.05 bits per heavy atom. The number of rotatable bonds is 6. The molecule has 0 bridgehead atoms. The highest BCUT2D eigenvalue weighted by atomic mass is 16.5. The number of carboxylic acid groups (broad SMARTS) is 1. The van der Waals surface area contributed by atoms with Crippen molar-refractivity contribution in [3.63, 3.8) is 0 Å². The Morgan fingerprint density at radius 3 is 2.65 bits per heavy atom. The maximum Gasteiger partial charge on any atom is 0.339 e. The second kappa shape index (κ2) is 7.34. The van der Waals surface area contributed by atoms with E-state index in [0.717, 1.165) is 0 Å². The Morgan fingerprint density at radius 1 is 1.35 bits per heavy atom. The molecule has 0 aliphatic rings. The number of aromatic carboxylic acids is 1. The van der Waals surface area contributed by atoms with Crippen molar-refractivity contribution in [3.8, 4) is 5.75 Å². The Labute approximate surface area is 116 Å². The van der Waals surface area contributed by atoms with Gasteiger partial charge in [0.25, 0.3) is 0 Å². The zero-order chi connectivity index (χ0) is 15.1. The number of amides is 2. The molecule has 0 atom stereocenters. The van der Waals surface area contributed by atoms with Gasteiger partial charge in [-0.25, -0.2) is 9.59 Å². The minimum atomic E-state index is -1.27. The number of phenols is 1. The van der Waals surface area contributed by atoms with Gasteiger partial charge in [-0.05, 0) is 32.0 Å². The molecular weight excluding hydrogens is 264 g/mol. The average Bonchev–Trinajstić information content (AvgIpc) is 2.36. The first-order valence-corrected chi connectivity index (χ1v) is 6.13. The number of hydrogen-bond acceptors (Lipinski definition) is 4. The number of nitrogens with one attached hydrogen (secondary N) is 2. The van der Waals surface area contributed by atoms with Crippen molar-refractivity contribution < 1.29 is 24.5 Å². The topological polar surface area (TPSA) is 108 Å². The first-order valence-electron chi connectivity index (χ1n) is 6.13. The molecule has 0 aromatic heterocycles. The number of anilines is 1. The molecule has 1 aromatic rings. The van der Waals surface area contributed by atoms with Crippen LogP contribution >= 0.6 is 0 Å². The quantitative estimate of drug-likeness (QED) is 0.468. The summed E-state index contributed by atoms with van der Waals surface area (Å²) in [6.45, 7) is 4.52. The van der Waals surface area contributed by atoms with Gasteiger partial charge in [0.1, 0.15) is 11.3 Å². The molecule has 0 heterocycles. The van der Waals surface area contributed by atoms with E-state index in [1.807, 2.05) is 13.8 Å². The molecule has 0 saturated carbocycles. The van der Waals surface area contributed by atoms with Crippen molar-refractivity contribution in [2.24, 2.45) is 0 Å². The van der Waals surface area contributed by atoms with E-state index in [1.165, 1.54) is 18.2 Å². The second-order valence-corrected chi connectivity index (χ2v) is 4.34. The van der Waals surface area contributed by atoms with Crippen LogP contribution in [-0.2, 0) is 4.74 Å². The van der Waals surface area contributed by atoms with Crippen LogP contribution in [0.3, 0.4) is 0 Å². The predicted molar refractivity (Wildman–Crippen MR) is 73.2 cm³/mol. The highest BCUT2D eigenvalue weighted by Crippen LogP contribution is 2.21. The maximum atomic E-state index is 11.5. The summed E-state index contributed by atoms with van der Waals surface area (Å²) in [5, 5.41) is 23.2. The normalized spacial score (nSPS) is 10.3. The summed E-state index contributed by atoms with van der Waals surface area (Å²) >= 11 is 0. The monoisotopic (exact) mass is 282 g/mol. The Kier molecular flexibility index (Phi) is 5.79. The smallest absolute Gasteiger partial charge is 0.339 e. The lowest BCUT2D eigenvalue weighted by Gasteiger charge is -2.10. The van der Waals surface area contributed by atoms with Gasteiger partial charge in [0.15, 0.2) is 0 Å². The Bertz CT molecular complexity index is 488. The highest BCUT2D eigenvalue weighted by Gasteiger charge is 2.11. The first-order chi connectivity index (χ1) is 9.40. The van der Waals surface area contributed by atoms with Crippen LogP contribution in [0.15, 0.2) is 18.2 Å². The Hall–Kier alpha value is -2.28. The van der Waals surface area contributed by atoms with E-state index >= 15 is 0 Å². The zero-order valence-electron chi connectivity index (χ0n) is 11.3. The SMILES string of the molecule is CC(C)OCCNC(=O)Nc1ccc(O)c(C(=O)O)c1. The zero-order valence-corrected chi connectivity index (χ0v) is 11.3. The third kappa shape index (κ3) is 5.15. The fourth-order valence-electron chi connectivity index (χ4n) is 1.42. The third-order valence-corrected chi connectivity index (χ3v) is 2.32. The van der Waals surface area contributed by atoms with Gasteiger partial charge in [-0.1, -0.05) is 0 Å². The van der Waals surface area contributed by atoms with Crippen molar-refractivity contribution in [1.82, 2.24) is 5.32 Å². The number of carbonyl (C=O) groups excluding carboxylic acids is 1. The summed E-state index contributed by atoms with van der Waals surface area (Å²) in [6.07, 6.45) is 0.0927. The molecule has 0 saturated heterocycles. The first kappa shape index (κ1) is 15.8. The van der Waals surface area contributed by atoms with Crippen molar-refractivity contribution >= 4 is 17.7 Å². The van der Waals surface area contributed by atoms with E-state index < -0.39 is 12.0 Å². The lowest BCUT2D eigenvalue weighted by molar-refractivity contribution is 0.0693. The molecular formula is C13H18N2O5. The number of ether oxygens (including phenoxy) is 1. The molecule has 1 aromatic carbocycles. The summed E-state index contributed by atoms with van der Waals surface area (Å²) in [7, 11) is 0. The van der Waals surface area contributed by atoms with E-state index in [2.05, 4.69) is 10.6 Å². The van der Waals surface area contributed by atoms with Crippen molar-refractivity contribution in [1.29, 1.82) is 0 Å². The molecule has 0 aliphatic heterocycles. The number of urea groups is 1. The number of hydrogen-bond donors (Lipinski definition) is 4. The van der Waals surface area contributed by atoms with E-state index in [-0.39, 0.29) is 23.1 Å². The molecule has 0 unspecified atom stereocenters. The maximum absolute atomic E-state index is 11.5. The van der Waals surface area contributed by atoms with Crippen LogP contribution in [0.4, 0.5) is 10.5 Å². The number of benzene rings is 1. The van der Waals surface area contributed by atoms with E-state index in [1.54, 1.807) is 0 Å². The predicted octanol–water partition coefficient (Wildman–Crippen LogP) is 1.64. The van der Waals surface area contributed by atoms with Crippen molar-refractivity contribution in [2.45, 2.75) is 20.0 Å². The molecule has 2 amide bonds. The fourth-order valence-corrected chi connectivity index (χ4v) is 1.42. The van der Waals surface area contributed by atoms with Crippen LogP contribution in [0.2, 0.25) is 0 Å². The molecule has 0 spiro atoms. The second-order valence-electron chi connectivity index (χ2n) is 4.34. The van der Waals surface area contributed by atoms with Crippen molar-refractivity contribution in [2.75, 3.05) is 18.5 Å². The summed E-state index contributed by atoms with van der Waals surface area (Å²) in [5.74, 6) is -1.62. The lowest BCUT2D eigenvalue weighted by Crippen LogP contribution is -2.32. The molecule has 110 valence electrons. The minimum absolute atomic E-state index is 0.0927. The van der Waals surface area contributed by atoms with Gasteiger partial charge in [-0.2, -0.15) is 0 Å². The largest absolute Gasteiger partial charge is 0.507 e. The minimum Gasteiger partial charge on any atom is -0.507 e. The summed E-state index contributed by atoms with van der Waals surface area (Å²) in [4.78, 5) is 22.4. The van der Waals surface area contributed by atoms with Gasteiger partial charge in [-0.15, -0.1) is 0 Å². The van der Waals surface area contributed by atoms with E-state index in [4.69, 9.17) is 9.84 Å². The average molecular weight is 282 g/mol. The molecule has 7 heteroatoms.